The van der Waals surface area contributed by atoms with Crippen LogP contribution in [0.3, 0.4) is 0 Å². The van der Waals surface area contributed by atoms with Crippen molar-refractivity contribution in [1.29, 1.82) is 0 Å². The van der Waals surface area contributed by atoms with E-state index in [1.165, 1.54) is 0 Å². The van der Waals surface area contributed by atoms with Crippen molar-refractivity contribution in [2.45, 2.75) is 0 Å². The summed E-state index contributed by atoms with van der Waals surface area (Å²) in [6, 6.07) is 0. The molecule has 1 nitrogen and oxygen atoms in total. The molecule has 1 heterocycles. The van der Waals surface area contributed by atoms with E-state index in [1.807, 2.05) is 0 Å². The second-order valence-corrected chi connectivity index (χ2v) is 4.92. The van der Waals surface area contributed by atoms with Crippen molar-refractivity contribution in [3.05, 3.63) is 14.3 Å². The van der Waals surface area contributed by atoms with Crippen LogP contribution in [0.1, 0.15) is 0 Å². The Hall–Kier alpha value is 0.820. The van der Waals surface area contributed by atoms with Gasteiger partial charge in [0.15, 0.2) is 5.15 Å². The van der Waals surface area contributed by atoms with E-state index in [-0.39, 0.29) is 14.1 Å². The quantitative estimate of drug-likeness (QED) is 0.713. The summed E-state index contributed by atoms with van der Waals surface area (Å²) in [4.78, 5) is 3.82. The smallest absolute Gasteiger partial charge is 0.150 e. The molecule has 0 aliphatic carbocycles. The Balaban J connectivity index is 3.60. The fourth-order valence-corrected chi connectivity index (χ4v) is 2.28. The molecule has 0 N–H and O–H groups in total. The first kappa shape index (κ1) is 10.9. The highest BCUT2D eigenvalue weighted by molar-refractivity contribution is 7.10. The zero-order valence-corrected chi connectivity index (χ0v) is 9.84. The Morgan fingerprint density at radius 1 is 1.08 bits per heavy atom. The molecule has 66 valence electrons. The van der Waals surface area contributed by atoms with Crippen LogP contribution in [0.2, 0.25) is 5.15 Å². The zero-order valence-electron chi connectivity index (χ0n) is 5.25. The molecule has 0 saturated heterocycles. The van der Waals surface area contributed by atoms with Crippen molar-refractivity contribution < 1.29 is 0 Å². The maximum absolute atomic E-state index is 5.66. The first-order valence-corrected chi connectivity index (χ1v) is 5.26. The molecule has 0 radical (unpaired) electrons. The van der Waals surface area contributed by atoms with Crippen molar-refractivity contribution >= 4 is 78.3 Å². The van der Waals surface area contributed by atoms with Gasteiger partial charge < -0.3 is 0 Å². The molecule has 0 amide bonds. The third-order valence-corrected chi connectivity index (χ3v) is 3.58. The van der Waals surface area contributed by atoms with Gasteiger partial charge in [0.2, 0.25) is 0 Å². The molecule has 0 spiro atoms. The van der Waals surface area contributed by atoms with Crippen LogP contribution in [0.4, 0.5) is 0 Å². The van der Waals surface area contributed by atoms with Gasteiger partial charge in [-0.1, -0.05) is 58.0 Å². The molecule has 7 heteroatoms. The van der Waals surface area contributed by atoms with Gasteiger partial charge in [0.05, 0.1) is 4.53 Å². The fraction of sp³-hybridized carbons (Fsp3) is 0. The lowest BCUT2D eigenvalue weighted by Gasteiger charge is -1.76. The Morgan fingerprint density at radius 3 is 1.92 bits per heavy atom. The van der Waals surface area contributed by atoms with Crippen molar-refractivity contribution in [2.24, 2.45) is 0 Å². The van der Waals surface area contributed by atoms with Gasteiger partial charge in [0.25, 0.3) is 0 Å². The van der Waals surface area contributed by atoms with Crippen LogP contribution >= 0.6 is 69.3 Å². The lowest BCUT2D eigenvalue weighted by atomic mass is 10.8. The van der Waals surface area contributed by atoms with Gasteiger partial charge >= 0.3 is 0 Å². The molecule has 0 aromatic carbocycles. The van der Waals surface area contributed by atoms with Gasteiger partial charge in [0, 0.05) is 0 Å². The Morgan fingerprint density at radius 2 is 1.67 bits per heavy atom. The summed E-state index contributed by atoms with van der Waals surface area (Å²) in [7, 11) is 0. The molecule has 0 aliphatic heterocycles. The van der Waals surface area contributed by atoms with Gasteiger partial charge in [0.1, 0.15) is 13.6 Å². The van der Waals surface area contributed by atoms with Gasteiger partial charge in [-0.25, -0.2) is 4.98 Å². The van der Waals surface area contributed by atoms with E-state index < -0.39 is 0 Å². The van der Waals surface area contributed by atoms with E-state index in [1.54, 1.807) is 0 Å². The Bertz CT molecular complexity index is 400. The first-order chi connectivity index (χ1) is 5.52. The number of nitrogens with zero attached hydrogens (tertiary/aromatic N) is 1. The maximum Gasteiger partial charge on any atom is 0.150 e. The minimum Gasteiger partial charge on any atom is -0.222 e. The number of rotatable bonds is 0. The van der Waals surface area contributed by atoms with Crippen LogP contribution in [0, 0.1) is 0 Å². The molecule has 12 heavy (non-hydrogen) atoms. The highest BCUT2D eigenvalue weighted by Crippen LogP contribution is 2.11. The highest BCUT2D eigenvalue weighted by atomic mass is 35.5. The second kappa shape index (κ2) is 4.36. The van der Waals surface area contributed by atoms with Crippen molar-refractivity contribution in [1.82, 2.24) is 4.98 Å². The third kappa shape index (κ3) is 2.41. The van der Waals surface area contributed by atoms with Crippen molar-refractivity contribution in [3.63, 3.8) is 0 Å². The van der Waals surface area contributed by atoms with E-state index >= 15 is 0 Å². The topological polar surface area (TPSA) is 12.9 Å². The average Bonchev–Trinajstić information content (AvgIpc) is 2.30. The average molecular weight is 283 g/mol. The second-order valence-electron chi connectivity index (χ2n) is 1.66. The number of halogens is 5. The lowest BCUT2D eigenvalue weighted by molar-refractivity contribution is 1.35. The van der Waals surface area contributed by atoms with Gasteiger partial charge in [-0.3, -0.25) is 0 Å². The largest absolute Gasteiger partial charge is 0.222 e. The summed E-state index contributed by atoms with van der Waals surface area (Å²) >= 11 is 28.7. The summed E-state index contributed by atoms with van der Waals surface area (Å²) in [5.41, 5.74) is 0. The van der Waals surface area contributed by atoms with E-state index in [9.17, 15) is 0 Å². The fourth-order valence-electron chi connectivity index (χ4n) is 0.499. The molecule has 1 aromatic rings. The van der Waals surface area contributed by atoms with Crippen LogP contribution in [-0.4, -0.2) is 4.98 Å². The monoisotopic (exact) mass is 281 g/mol. The number of hydrogen-bond acceptors (Lipinski definition) is 2. The molecule has 1 aromatic heterocycles. The Labute approximate surface area is 97.2 Å². The van der Waals surface area contributed by atoms with E-state index in [0.717, 1.165) is 11.3 Å². The van der Waals surface area contributed by atoms with Crippen LogP contribution < -0.4 is 9.20 Å². The van der Waals surface area contributed by atoms with Crippen LogP contribution in [-0.2, 0) is 0 Å². The maximum atomic E-state index is 5.66. The molecule has 0 bridgehead atoms. The summed E-state index contributed by atoms with van der Waals surface area (Å²) in [5.74, 6) is 0. The molecule has 0 saturated carbocycles. The normalized spacial score (nSPS) is 10.1. The molecule has 0 aliphatic rings. The predicted octanol–water partition coefficient (Wildman–Crippen LogP) is 2.88. The molecule has 0 unspecified atom stereocenters. The zero-order chi connectivity index (χ0) is 9.30. The standard InChI is InChI=1S/C5Cl5NS/c6-2(7)1-4(10)11-5(12-1)3(8)9. The van der Waals surface area contributed by atoms with E-state index in [4.69, 9.17) is 58.0 Å². The third-order valence-electron chi connectivity index (χ3n) is 0.919. The molecule has 0 fully saturated rings. The van der Waals surface area contributed by atoms with Gasteiger partial charge in [-0.15, -0.1) is 11.3 Å². The molecule has 0 atom stereocenters. The molecular weight excluding hydrogens is 283 g/mol. The number of hydrogen-bond donors (Lipinski definition) is 0. The van der Waals surface area contributed by atoms with E-state index in [0.29, 0.717) is 9.20 Å². The summed E-state index contributed by atoms with van der Waals surface area (Å²) in [6.07, 6.45) is 0. The minimum absolute atomic E-state index is 0.0442. The Kier molecular flexibility index (Phi) is 3.96. The lowest BCUT2D eigenvalue weighted by Crippen LogP contribution is -1.95. The van der Waals surface area contributed by atoms with Crippen molar-refractivity contribution in [2.75, 3.05) is 0 Å². The summed E-state index contributed by atoms with van der Waals surface area (Å²) < 4.78 is 0.965. The SMILES string of the molecule is ClC(Cl)=c1nc(Cl)c(=C(Cl)Cl)s1. The number of thiazole rings is 1. The first-order valence-electron chi connectivity index (χ1n) is 2.55. The van der Waals surface area contributed by atoms with Crippen molar-refractivity contribution in [3.8, 4) is 0 Å². The summed E-state index contributed by atoms with van der Waals surface area (Å²) in [5, 5.41) is 0.203. The van der Waals surface area contributed by atoms with Gasteiger partial charge in [-0.2, -0.15) is 0 Å². The van der Waals surface area contributed by atoms with Gasteiger partial charge in [-0.05, 0) is 0 Å². The van der Waals surface area contributed by atoms with Crippen LogP contribution in [0.15, 0.2) is 0 Å². The van der Waals surface area contributed by atoms with Crippen LogP contribution in [0.25, 0.3) is 8.98 Å². The predicted molar refractivity (Wildman–Crippen MR) is 56.6 cm³/mol. The molecular formula is C5Cl5NS. The van der Waals surface area contributed by atoms with E-state index in [2.05, 4.69) is 4.98 Å². The summed E-state index contributed by atoms with van der Waals surface area (Å²) in [6.45, 7) is 0. The minimum atomic E-state index is 0.0442. The molecule has 1 rings (SSSR count). The number of aromatic nitrogens is 1. The van der Waals surface area contributed by atoms with Crippen LogP contribution in [0.5, 0.6) is 0 Å². The highest BCUT2D eigenvalue weighted by Gasteiger charge is 2.02.